The van der Waals surface area contributed by atoms with Crippen LogP contribution in [0.4, 0.5) is 0 Å². The van der Waals surface area contributed by atoms with Gasteiger partial charge in [-0.15, -0.1) is 0 Å². The lowest BCUT2D eigenvalue weighted by molar-refractivity contribution is -0.133. The first-order valence-electron chi connectivity index (χ1n) is 11.2. The standard InChI is InChI=1S/C25H31N3O/c29-25-23-10-2-1-9-22(23)24(27-28-25)15-17-5-3-7-19(13-17)20-8-4-6-18(14-20)16-26-21-11-12-21/h3-8,13-14,21-24,26-27H,1-2,9-12,15-16H2,(H,28,29). The van der Waals surface area contributed by atoms with Crippen LogP contribution in [-0.2, 0) is 17.8 Å². The highest BCUT2D eigenvalue weighted by molar-refractivity contribution is 5.79. The first kappa shape index (κ1) is 18.8. The Balaban J connectivity index is 1.31. The fourth-order valence-electron chi connectivity index (χ4n) is 5.07. The summed E-state index contributed by atoms with van der Waals surface area (Å²) in [6.07, 6.45) is 8.22. The van der Waals surface area contributed by atoms with E-state index in [0.717, 1.165) is 31.8 Å². The summed E-state index contributed by atoms with van der Waals surface area (Å²) in [7, 11) is 0. The van der Waals surface area contributed by atoms with Gasteiger partial charge in [0.15, 0.2) is 0 Å². The Morgan fingerprint density at radius 2 is 1.62 bits per heavy atom. The van der Waals surface area contributed by atoms with Crippen molar-refractivity contribution in [3.63, 3.8) is 0 Å². The zero-order chi connectivity index (χ0) is 19.6. The van der Waals surface area contributed by atoms with E-state index < -0.39 is 0 Å². The minimum atomic E-state index is 0.189. The summed E-state index contributed by atoms with van der Waals surface area (Å²) in [5.41, 5.74) is 11.5. The molecule has 3 fully saturated rings. The minimum absolute atomic E-state index is 0.189. The van der Waals surface area contributed by atoms with Gasteiger partial charge in [-0.25, -0.2) is 5.43 Å². The summed E-state index contributed by atoms with van der Waals surface area (Å²) in [4.78, 5) is 12.2. The van der Waals surface area contributed by atoms with Gasteiger partial charge in [0, 0.05) is 24.5 Å². The Labute approximate surface area is 173 Å². The van der Waals surface area contributed by atoms with E-state index in [-0.39, 0.29) is 11.8 Å². The summed E-state index contributed by atoms with van der Waals surface area (Å²) >= 11 is 0. The number of amides is 1. The molecule has 2 aromatic rings. The van der Waals surface area contributed by atoms with Gasteiger partial charge >= 0.3 is 0 Å². The highest BCUT2D eigenvalue weighted by atomic mass is 16.2. The molecule has 2 aliphatic carbocycles. The number of nitrogens with one attached hydrogen (secondary N) is 3. The van der Waals surface area contributed by atoms with Crippen LogP contribution >= 0.6 is 0 Å². The SMILES string of the molecule is O=C1NNC(Cc2cccc(-c3cccc(CNC4CC4)c3)c2)C2CCCCC12. The molecule has 3 atom stereocenters. The normalized spacial score (nSPS) is 26.6. The third-order valence-electron chi connectivity index (χ3n) is 6.87. The van der Waals surface area contributed by atoms with Gasteiger partial charge in [0.25, 0.3) is 0 Å². The van der Waals surface area contributed by atoms with Crippen LogP contribution < -0.4 is 16.2 Å². The predicted molar refractivity (Wildman–Crippen MR) is 116 cm³/mol. The molecule has 1 saturated heterocycles. The predicted octanol–water partition coefficient (Wildman–Crippen LogP) is 3.96. The van der Waals surface area contributed by atoms with E-state index in [1.165, 1.54) is 47.9 Å². The van der Waals surface area contributed by atoms with Crippen molar-refractivity contribution in [2.45, 2.75) is 63.6 Å². The second-order valence-corrected chi connectivity index (χ2v) is 9.05. The van der Waals surface area contributed by atoms with Gasteiger partial charge in [-0.1, -0.05) is 55.3 Å². The Bertz CT molecular complexity index is 876. The molecule has 29 heavy (non-hydrogen) atoms. The highest BCUT2D eigenvalue weighted by Gasteiger charge is 2.39. The van der Waals surface area contributed by atoms with E-state index in [4.69, 9.17) is 0 Å². The zero-order valence-corrected chi connectivity index (χ0v) is 17.0. The van der Waals surface area contributed by atoms with Gasteiger partial charge < -0.3 is 5.32 Å². The number of carbonyl (C=O) groups is 1. The lowest BCUT2D eigenvalue weighted by Crippen LogP contribution is -2.60. The topological polar surface area (TPSA) is 53.2 Å². The van der Waals surface area contributed by atoms with Gasteiger partial charge in [-0.2, -0.15) is 0 Å². The molecule has 3 unspecified atom stereocenters. The molecule has 4 nitrogen and oxygen atoms in total. The molecule has 5 rings (SSSR count). The van der Waals surface area contributed by atoms with E-state index >= 15 is 0 Å². The second kappa shape index (κ2) is 8.29. The highest BCUT2D eigenvalue weighted by Crippen LogP contribution is 2.35. The molecule has 1 amide bonds. The number of hydrazine groups is 1. The van der Waals surface area contributed by atoms with Crippen LogP contribution in [0.15, 0.2) is 48.5 Å². The van der Waals surface area contributed by atoms with Gasteiger partial charge in [-0.05, 0) is 66.3 Å². The minimum Gasteiger partial charge on any atom is -0.310 e. The molecule has 0 aromatic heterocycles. The lowest BCUT2D eigenvalue weighted by Gasteiger charge is -2.41. The molecule has 1 aliphatic heterocycles. The fraction of sp³-hybridized carbons (Fsp3) is 0.480. The first-order valence-corrected chi connectivity index (χ1v) is 11.2. The number of carbonyl (C=O) groups excluding carboxylic acids is 1. The lowest BCUT2D eigenvalue weighted by atomic mass is 9.72. The summed E-state index contributed by atoms with van der Waals surface area (Å²) in [6.45, 7) is 0.951. The number of fused-ring (bicyclic) bond motifs is 1. The van der Waals surface area contributed by atoms with Gasteiger partial charge in [0.1, 0.15) is 0 Å². The maximum absolute atomic E-state index is 12.2. The Hall–Kier alpha value is -2.17. The van der Waals surface area contributed by atoms with Crippen LogP contribution in [0.25, 0.3) is 11.1 Å². The third kappa shape index (κ3) is 4.39. The maximum Gasteiger partial charge on any atom is 0.237 e. The largest absolute Gasteiger partial charge is 0.310 e. The van der Waals surface area contributed by atoms with Gasteiger partial charge in [0.2, 0.25) is 5.91 Å². The van der Waals surface area contributed by atoms with Gasteiger partial charge in [-0.3, -0.25) is 10.2 Å². The van der Waals surface area contributed by atoms with Crippen molar-refractivity contribution >= 4 is 5.91 Å². The van der Waals surface area contributed by atoms with E-state index in [9.17, 15) is 4.79 Å². The molecule has 3 N–H and O–H groups in total. The molecule has 152 valence electrons. The number of hydrogen-bond donors (Lipinski definition) is 3. The van der Waals surface area contributed by atoms with Gasteiger partial charge in [0.05, 0.1) is 0 Å². The quantitative estimate of drug-likeness (QED) is 0.701. The van der Waals surface area contributed by atoms with E-state index in [1.807, 2.05) is 0 Å². The van der Waals surface area contributed by atoms with Crippen molar-refractivity contribution in [3.05, 3.63) is 59.7 Å². The number of rotatable bonds is 6. The van der Waals surface area contributed by atoms with Crippen LogP contribution in [0.1, 0.15) is 49.7 Å². The van der Waals surface area contributed by atoms with Crippen molar-refractivity contribution in [2.24, 2.45) is 11.8 Å². The maximum atomic E-state index is 12.2. The second-order valence-electron chi connectivity index (χ2n) is 9.05. The Kier molecular flexibility index (Phi) is 5.38. The first-order chi connectivity index (χ1) is 14.3. The molecule has 2 saturated carbocycles. The number of hydrogen-bond acceptors (Lipinski definition) is 3. The zero-order valence-electron chi connectivity index (χ0n) is 17.0. The smallest absolute Gasteiger partial charge is 0.237 e. The molecule has 1 heterocycles. The van der Waals surface area contributed by atoms with Crippen molar-refractivity contribution in [1.82, 2.24) is 16.2 Å². The third-order valence-corrected chi connectivity index (χ3v) is 6.87. The molecule has 3 aliphatic rings. The van der Waals surface area contributed by atoms with Crippen LogP contribution in [0.5, 0.6) is 0 Å². The van der Waals surface area contributed by atoms with Crippen LogP contribution in [-0.4, -0.2) is 18.0 Å². The fourth-order valence-corrected chi connectivity index (χ4v) is 5.07. The monoisotopic (exact) mass is 389 g/mol. The van der Waals surface area contributed by atoms with Crippen molar-refractivity contribution in [1.29, 1.82) is 0 Å². The van der Waals surface area contributed by atoms with E-state index in [1.54, 1.807) is 0 Å². The average molecular weight is 390 g/mol. The molecule has 0 radical (unpaired) electrons. The molecular formula is C25H31N3O. The Morgan fingerprint density at radius 1 is 0.897 bits per heavy atom. The summed E-state index contributed by atoms with van der Waals surface area (Å²) in [5.74, 6) is 0.836. The summed E-state index contributed by atoms with van der Waals surface area (Å²) in [6, 6.07) is 18.9. The van der Waals surface area contributed by atoms with Crippen LogP contribution in [0, 0.1) is 11.8 Å². The van der Waals surface area contributed by atoms with E-state index in [2.05, 4.69) is 64.7 Å². The van der Waals surface area contributed by atoms with Crippen molar-refractivity contribution < 1.29 is 4.79 Å². The molecule has 2 aromatic carbocycles. The van der Waals surface area contributed by atoms with Crippen LogP contribution in [0.2, 0.25) is 0 Å². The van der Waals surface area contributed by atoms with Crippen LogP contribution in [0.3, 0.4) is 0 Å². The Morgan fingerprint density at radius 3 is 2.41 bits per heavy atom. The van der Waals surface area contributed by atoms with Crippen molar-refractivity contribution in [2.75, 3.05) is 0 Å². The summed E-state index contributed by atoms with van der Waals surface area (Å²) in [5, 5.41) is 3.60. The molecule has 0 bridgehead atoms. The summed E-state index contributed by atoms with van der Waals surface area (Å²) < 4.78 is 0. The molecule has 4 heteroatoms. The molecule has 0 spiro atoms. The van der Waals surface area contributed by atoms with Crippen molar-refractivity contribution in [3.8, 4) is 11.1 Å². The molecular weight excluding hydrogens is 358 g/mol. The average Bonchev–Trinajstić information content (AvgIpc) is 3.60. The number of benzene rings is 2. The van der Waals surface area contributed by atoms with E-state index in [0.29, 0.717) is 12.0 Å².